The lowest BCUT2D eigenvalue weighted by molar-refractivity contribution is -0.121. The van der Waals surface area contributed by atoms with E-state index in [1.54, 1.807) is 18.1 Å². The molecular weight excluding hydrogens is 416 g/mol. The Bertz CT molecular complexity index is 1140. The number of hydrogen-bond acceptors (Lipinski definition) is 5. The molecule has 0 spiro atoms. The molecule has 4 aromatic rings. The van der Waals surface area contributed by atoms with Gasteiger partial charge in [0.1, 0.15) is 12.1 Å². The van der Waals surface area contributed by atoms with Gasteiger partial charge in [0.15, 0.2) is 0 Å². The minimum Gasteiger partial charge on any atom is -0.497 e. The summed E-state index contributed by atoms with van der Waals surface area (Å²) in [7, 11) is 1.65. The van der Waals surface area contributed by atoms with E-state index in [0.717, 1.165) is 34.2 Å². The second-order valence-corrected chi connectivity index (χ2v) is 7.75. The number of aromatic nitrogens is 5. The van der Waals surface area contributed by atoms with Gasteiger partial charge in [0, 0.05) is 41.0 Å². The van der Waals surface area contributed by atoms with Gasteiger partial charge in [0.05, 0.1) is 13.7 Å². The fourth-order valence-electron chi connectivity index (χ4n) is 3.64. The van der Waals surface area contributed by atoms with Crippen LogP contribution in [-0.2, 0) is 17.8 Å². The summed E-state index contributed by atoms with van der Waals surface area (Å²) in [6.07, 6.45) is 4.57. The summed E-state index contributed by atoms with van der Waals surface area (Å²) in [5.41, 5.74) is 3.20. The second kappa shape index (κ2) is 9.61. The van der Waals surface area contributed by atoms with E-state index < -0.39 is 0 Å². The van der Waals surface area contributed by atoms with Crippen molar-refractivity contribution in [2.45, 2.75) is 25.3 Å². The molecule has 8 nitrogen and oxygen atoms in total. The van der Waals surface area contributed by atoms with E-state index in [0.29, 0.717) is 24.5 Å². The Hall–Kier alpha value is -3.39. The Morgan fingerprint density at radius 1 is 1.26 bits per heavy atom. The molecule has 1 atom stereocenters. The highest BCUT2D eigenvalue weighted by Gasteiger charge is 2.18. The molecule has 0 radical (unpaired) electrons. The molecule has 9 heteroatoms. The maximum Gasteiger partial charge on any atom is 0.220 e. The number of nitrogens with one attached hydrogen (secondary N) is 2. The maximum absolute atomic E-state index is 12.7. The summed E-state index contributed by atoms with van der Waals surface area (Å²) in [5.74, 6) is 0.717. The molecule has 2 N–H and O–H groups in total. The molecule has 2 aromatic carbocycles. The lowest BCUT2D eigenvalue weighted by atomic mass is 9.95. The van der Waals surface area contributed by atoms with Gasteiger partial charge in [-0.1, -0.05) is 23.7 Å². The van der Waals surface area contributed by atoms with Crippen molar-refractivity contribution >= 4 is 28.4 Å². The Morgan fingerprint density at radius 2 is 2.10 bits per heavy atom. The van der Waals surface area contributed by atoms with Gasteiger partial charge in [-0.05, 0) is 58.3 Å². The first-order valence-electron chi connectivity index (χ1n) is 9.99. The zero-order valence-electron chi connectivity index (χ0n) is 17.1. The van der Waals surface area contributed by atoms with E-state index >= 15 is 0 Å². The minimum atomic E-state index is -0.0712. The van der Waals surface area contributed by atoms with Crippen LogP contribution in [0.25, 0.3) is 10.9 Å². The van der Waals surface area contributed by atoms with Crippen LogP contribution in [0.3, 0.4) is 0 Å². The SMILES string of the molecule is COc1ccc2[nH]cc(CCNC(=O)CC(Cn3cnnn3)c3ccc(Cl)cc3)c2c1. The van der Waals surface area contributed by atoms with Crippen LogP contribution in [0.15, 0.2) is 55.0 Å². The van der Waals surface area contributed by atoms with Crippen LogP contribution >= 0.6 is 11.6 Å². The third-order valence-electron chi connectivity index (χ3n) is 5.26. The van der Waals surface area contributed by atoms with Crippen LogP contribution < -0.4 is 10.1 Å². The maximum atomic E-state index is 12.7. The van der Waals surface area contributed by atoms with Crippen LogP contribution in [0, 0.1) is 0 Å². The molecule has 1 unspecified atom stereocenters. The highest BCUT2D eigenvalue weighted by atomic mass is 35.5. The van der Waals surface area contributed by atoms with Gasteiger partial charge in [-0.3, -0.25) is 4.79 Å². The lowest BCUT2D eigenvalue weighted by Gasteiger charge is -2.17. The fourth-order valence-corrected chi connectivity index (χ4v) is 3.76. The first kappa shape index (κ1) is 20.9. The van der Waals surface area contributed by atoms with Crippen molar-refractivity contribution in [2.75, 3.05) is 13.7 Å². The van der Waals surface area contributed by atoms with Gasteiger partial charge in [-0.25, -0.2) is 4.68 Å². The Morgan fingerprint density at radius 3 is 2.84 bits per heavy atom. The zero-order valence-corrected chi connectivity index (χ0v) is 17.8. The van der Waals surface area contributed by atoms with E-state index in [-0.39, 0.29) is 11.8 Å². The van der Waals surface area contributed by atoms with Crippen LogP contribution in [0.2, 0.25) is 5.02 Å². The molecule has 160 valence electrons. The van der Waals surface area contributed by atoms with Gasteiger partial charge >= 0.3 is 0 Å². The smallest absolute Gasteiger partial charge is 0.220 e. The first-order valence-corrected chi connectivity index (χ1v) is 10.4. The molecule has 2 aromatic heterocycles. The standard InChI is InChI=1S/C22H23ClN6O2/c1-31-19-6-7-21-20(11-19)16(12-25-21)8-9-24-22(30)10-17(13-29-14-26-27-28-29)15-2-4-18(23)5-3-15/h2-7,11-12,14,17,25H,8-10,13H2,1H3,(H,24,30). The number of rotatable bonds is 9. The Kier molecular flexibility index (Phi) is 6.47. The van der Waals surface area contributed by atoms with E-state index in [1.165, 1.54) is 0 Å². The highest BCUT2D eigenvalue weighted by Crippen LogP contribution is 2.25. The third kappa shape index (κ3) is 5.21. The van der Waals surface area contributed by atoms with Gasteiger partial charge in [0.25, 0.3) is 0 Å². The Labute approximate surface area is 184 Å². The van der Waals surface area contributed by atoms with Crippen LogP contribution in [0.1, 0.15) is 23.5 Å². The normalized spacial score (nSPS) is 12.1. The average molecular weight is 439 g/mol. The number of amides is 1. The van der Waals surface area contributed by atoms with Crippen molar-refractivity contribution < 1.29 is 9.53 Å². The number of ether oxygens (including phenoxy) is 1. The lowest BCUT2D eigenvalue weighted by Crippen LogP contribution is -2.28. The summed E-state index contributed by atoms with van der Waals surface area (Å²) < 4.78 is 6.95. The molecule has 0 saturated carbocycles. The molecule has 2 heterocycles. The molecule has 0 saturated heterocycles. The summed E-state index contributed by atoms with van der Waals surface area (Å²) >= 11 is 6.02. The summed E-state index contributed by atoms with van der Waals surface area (Å²) in [4.78, 5) is 15.9. The molecule has 1 amide bonds. The minimum absolute atomic E-state index is 0.0227. The zero-order chi connectivity index (χ0) is 21.6. The molecule has 4 rings (SSSR count). The molecule has 0 aliphatic rings. The molecule has 0 bridgehead atoms. The average Bonchev–Trinajstić information content (AvgIpc) is 3.43. The number of fused-ring (bicyclic) bond motifs is 1. The predicted octanol–water partition coefficient (Wildman–Crippen LogP) is 3.35. The molecule has 31 heavy (non-hydrogen) atoms. The van der Waals surface area contributed by atoms with Gasteiger partial charge < -0.3 is 15.0 Å². The number of carbonyl (C=O) groups excluding carboxylic acids is 1. The van der Waals surface area contributed by atoms with Crippen LogP contribution in [0.5, 0.6) is 5.75 Å². The van der Waals surface area contributed by atoms with Gasteiger partial charge in [0.2, 0.25) is 5.91 Å². The first-order chi connectivity index (χ1) is 15.1. The number of carbonyl (C=O) groups is 1. The van der Waals surface area contributed by atoms with Gasteiger partial charge in [-0.2, -0.15) is 0 Å². The van der Waals surface area contributed by atoms with E-state index in [9.17, 15) is 4.79 Å². The van der Waals surface area contributed by atoms with Crippen molar-refractivity contribution in [3.63, 3.8) is 0 Å². The van der Waals surface area contributed by atoms with E-state index in [1.807, 2.05) is 48.7 Å². The fraction of sp³-hybridized carbons (Fsp3) is 0.273. The monoisotopic (exact) mass is 438 g/mol. The quantitative estimate of drug-likeness (QED) is 0.417. The van der Waals surface area contributed by atoms with Crippen molar-refractivity contribution in [1.29, 1.82) is 0 Å². The second-order valence-electron chi connectivity index (χ2n) is 7.31. The largest absolute Gasteiger partial charge is 0.497 e. The number of hydrogen-bond donors (Lipinski definition) is 2. The van der Waals surface area contributed by atoms with Crippen LogP contribution in [0.4, 0.5) is 0 Å². The van der Waals surface area contributed by atoms with Crippen molar-refractivity contribution in [1.82, 2.24) is 30.5 Å². The summed E-state index contributed by atoms with van der Waals surface area (Å²) in [6, 6.07) is 13.4. The molecule has 0 aliphatic carbocycles. The third-order valence-corrected chi connectivity index (χ3v) is 5.52. The molecular formula is C22H23ClN6O2. The molecule has 0 aliphatic heterocycles. The number of halogens is 1. The molecule has 0 fully saturated rings. The highest BCUT2D eigenvalue weighted by molar-refractivity contribution is 6.30. The van der Waals surface area contributed by atoms with Crippen molar-refractivity contribution in [2.24, 2.45) is 0 Å². The number of nitrogens with zero attached hydrogens (tertiary/aromatic N) is 4. The van der Waals surface area contributed by atoms with Crippen molar-refractivity contribution in [3.8, 4) is 5.75 Å². The summed E-state index contributed by atoms with van der Waals surface area (Å²) in [5, 5.41) is 16.1. The predicted molar refractivity (Wildman–Crippen MR) is 118 cm³/mol. The van der Waals surface area contributed by atoms with E-state index in [4.69, 9.17) is 16.3 Å². The van der Waals surface area contributed by atoms with Crippen LogP contribution in [-0.4, -0.2) is 44.8 Å². The van der Waals surface area contributed by atoms with E-state index in [2.05, 4.69) is 25.8 Å². The number of aromatic amines is 1. The number of methoxy groups -OCH3 is 1. The number of benzene rings is 2. The number of H-pyrrole nitrogens is 1. The Balaban J connectivity index is 1.38. The number of tetrazole rings is 1. The van der Waals surface area contributed by atoms with Gasteiger partial charge in [-0.15, -0.1) is 5.10 Å². The summed E-state index contributed by atoms with van der Waals surface area (Å²) in [6.45, 7) is 1.05. The topological polar surface area (TPSA) is 97.7 Å². The van der Waals surface area contributed by atoms with Crippen molar-refractivity contribution in [3.05, 3.63) is 71.1 Å².